The zero-order valence-electron chi connectivity index (χ0n) is 9.82. The van der Waals surface area contributed by atoms with Crippen LogP contribution in [0.25, 0.3) is 0 Å². The molecule has 92 valence electrons. The highest BCUT2D eigenvalue weighted by molar-refractivity contribution is 5.94. The van der Waals surface area contributed by atoms with E-state index in [1.54, 1.807) is 24.3 Å². The van der Waals surface area contributed by atoms with E-state index < -0.39 is 0 Å². The predicted molar refractivity (Wildman–Crippen MR) is 66.7 cm³/mol. The number of ether oxygens (including phenoxy) is 1. The van der Waals surface area contributed by atoms with Gasteiger partial charge in [0.2, 0.25) is 0 Å². The predicted octanol–water partition coefficient (Wildman–Crippen LogP) is 1.43. The van der Waals surface area contributed by atoms with Gasteiger partial charge in [0.15, 0.2) is 0 Å². The normalized spacial score (nSPS) is 16.7. The Kier molecular flexibility index (Phi) is 3.98. The van der Waals surface area contributed by atoms with Gasteiger partial charge in [-0.15, -0.1) is 0 Å². The first-order chi connectivity index (χ1) is 8.25. The van der Waals surface area contributed by atoms with Crippen LogP contribution in [-0.4, -0.2) is 25.7 Å². The Morgan fingerprint density at radius 3 is 2.88 bits per heavy atom. The minimum Gasteiger partial charge on any atom is -0.399 e. The lowest BCUT2D eigenvalue weighted by Gasteiger charge is -2.22. The molecule has 0 aromatic heterocycles. The van der Waals surface area contributed by atoms with Crippen LogP contribution in [0.3, 0.4) is 0 Å². The Morgan fingerprint density at radius 2 is 2.18 bits per heavy atom. The number of hydrogen-bond acceptors (Lipinski definition) is 3. The molecule has 4 nitrogen and oxygen atoms in total. The van der Waals surface area contributed by atoms with E-state index in [4.69, 9.17) is 10.5 Å². The van der Waals surface area contributed by atoms with E-state index in [9.17, 15) is 4.79 Å². The van der Waals surface area contributed by atoms with Crippen LogP contribution in [0.2, 0.25) is 0 Å². The third-order valence-corrected chi connectivity index (χ3v) is 3.04. The highest BCUT2D eigenvalue weighted by Crippen LogP contribution is 2.13. The van der Waals surface area contributed by atoms with Gasteiger partial charge in [0.1, 0.15) is 0 Å². The number of hydrogen-bond donors (Lipinski definition) is 2. The molecular formula is C13H18N2O2. The fourth-order valence-corrected chi connectivity index (χ4v) is 1.97. The Hall–Kier alpha value is -1.55. The van der Waals surface area contributed by atoms with E-state index in [-0.39, 0.29) is 5.91 Å². The van der Waals surface area contributed by atoms with Crippen molar-refractivity contribution in [1.82, 2.24) is 5.32 Å². The molecule has 2 rings (SSSR count). The number of carbonyl (C=O) groups is 1. The van der Waals surface area contributed by atoms with Crippen molar-refractivity contribution in [2.45, 2.75) is 12.8 Å². The van der Waals surface area contributed by atoms with Crippen molar-refractivity contribution >= 4 is 11.6 Å². The zero-order chi connectivity index (χ0) is 12.1. The molecule has 1 saturated heterocycles. The Bertz CT molecular complexity index is 387. The summed E-state index contributed by atoms with van der Waals surface area (Å²) in [6.07, 6.45) is 2.05. The summed E-state index contributed by atoms with van der Waals surface area (Å²) in [7, 11) is 0. The molecule has 0 atom stereocenters. The van der Waals surface area contributed by atoms with Crippen LogP contribution in [-0.2, 0) is 4.74 Å². The molecule has 1 fully saturated rings. The maximum atomic E-state index is 11.8. The zero-order valence-corrected chi connectivity index (χ0v) is 9.82. The number of anilines is 1. The van der Waals surface area contributed by atoms with Gasteiger partial charge in [-0.25, -0.2) is 0 Å². The molecule has 0 unspecified atom stereocenters. The largest absolute Gasteiger partial charge is 0.399 e. The first-order valence-corrected chi connectivity index (χ1v) is 5.97. The van der Waals surface area contributed by atoms with Gasteiger partial charge in [0.25, 0.3) is 5.91 Å². The maximum absolute atomic E-state index is 11.8. The van der Waals surface area contributed by atoms with Crippen LogP contribution in [0.1, 0.15) is 23.2 Å². The van der Waals surface area contributed by atoms with E-state index >= 15 is 0 Å². The van der Waals surface area contributed by atoms with Crippen LogP contribution in [0.5, 0.6) is 0 Å². The first kappa shape index (κ1) is 11.9. The second-order valence-corrected chi connectivity index (χ2v) is 4.39. The van der Waals surface area contributed by atoms with Gasteiger partial charge in [0, 0.05) is 31.0 Å². The van der Waals surface area contributed by atoms with Gasteiger partial charge in [0.05, 0.1) is 0 Å². The lowest BCUT2D eigenvalue weighted by Crippen LogP contribution is -2.32. The third-order valence-electron chi connectivity index (χ3n) is 3.04. The summed E-state index contributed by atoms with van der Waals surface area (Å²) >= 11 is 0. The molecule has 17 heavy (non-hydrogen) atoms. The second-order valence-electron chi connectivity index (χ2n) is 4.39. The van der Waals surface area contributed by atoms with Crippen LogP contribution >= 0.6 is 0 Å². The average Bonchev–Trinajstić information content (AvgIpc) is 2.37. The number of nitrogen functional groups attached to an aromatic ring is 1. The molecule has 1 aromatic carbocycles. The van der Waals surface area contributed by atoms with Crippen molar-refractivity contribution in [1.29, 1.82) is 0 Å². The highest BCUT2D eigenvalue weighted by atomic mass is 16.5. The summed E-state index contributed by atoms with van der Waals surface area (Å²) in [5.74, 6) is 0.484. The van der Waals surface area contributed by atoms with E-state index in [0.717, 1.165) is 32.6 Å². The molecule has 3 N–H and O–H groups in total. The van der Waals surface area contributed by atoms with Crippen LogP contribution in [0, 0.1) is 5.92 Å². The number of nitrogens with one attached hydrogen (secondary N) is 1. The van der Waals surface area contributed by atoms with Crippen molar-refractivity contribution in [3.8, 4) is 0 Å². The number of nitrogens with two attached hydrogens (primary N) is 1. The summed E-state index contributed by atoms with van der Waals surface area (Å²) in [5.41, 5.74) is 6.88. The second kappa shape index (κ2) is 5.68. The minimum absolute atomic E-state index is 0.0520. The van der Waals surface area contributed by atoms with Crippen molar-refractivity contribution in [3.05, 3.63) is 29.8 Å². The Balaban J connectivity index is 1.84. The number of carbonyl (C=O) groups excluding carboxylic acids is 1. The topological polar surface area (TPSA) is 64.4 Å². The molecule has 1 amide bonds. The van der Waals surface area contributed by atoms with Gasteiger partial charge >= 0.3 is 0 Å². The van der Waals surface area contributed by atoms with Gasteiger partial charge in [-0.3, -0.25) is 4.79 Å². The fraction of sp³-hybridized carbons (Fsp3) is 0.462. The number of rotatable bonds is 3. The lowest BCUT2D eigenvalue weighted by molar-refractivity contribution is 0.0642. The Labute approximate surface area is 101 Å². The summed E-state index contributed by atoms with van der Waals surface area (Å²) in [5, 5.41) is 2.95. The smallest absolute Gasteiger partial charge is 0.251 e. The van der Waals surface area contributed by atoms with Gasteiger partial charge in [-0.1, -0.05) is 6.07 Å². The molecule has 1 heterocycles. The third kappa shape index (κ3) is 3.46. The molecular weight excluding hydrogens is 216 g/mol. The van der Waals surface area contributed by atoms with Gasteiger partial charge < -0.3 is 15.8 Å². The van der Waals surface area contributed by atoms with Crippen molar-refractivity contribution < 1.29 is 9.53 Å². The van der Waals surface area contributed by atoms with Crippen LogP contribution in [0.4, 0.5) is 5.69 Å². The van der Waals surface area contributed by atoms with Gasteiger partial charge in [-0.2, -0.15) is 0 Å². The monoisotopic (exact) mass is 234 g/mol. The number of benzene rings is 1. The summed E-state index contributed by atoms with van der Waals surface area (Å²) in [4.78, 5) is 11.8. The van der Waals surface area contributed by atoms with Crippen molar-refractivity contribution in [2.24, 2.45) is 5.92 Å². The van der Waals surface area contributed by atoms with Crippen molar-refractivity contribution in [2.75, 3.05) is 25.5 Å². The molecule has 0 saturated carbocycles. The first-order valence-electron chi connectivity index (χ1n) is 5.97. The molecule has 0 spiro atoms. The van der Waals surface area contributed by atoms with E-state index in [1.165, 1.54) is 0 Å². The standard InChI is InChI=1S/C13H18N2O2/c14-12-3-1-2-11(8-12)13(16)15-9-10-4-6-17-7-5-10/h1-3,8,10H,4-7,9,14H2,(H,15,16). The van der Waals surface area contributed by atoms with E-state index in [1.807, 2.05) is 0 Å². The van der Waals surface area contributed by atoms with Crippen LogP contribution in [0.15, 0.2) is 24.3 Å². The Morgan fingerprint density at radius 1 is 1.41 bits per heavy atom. The quantitative estimate of drug-likeness (QED) is 0.777. The number of amides is 1. The fourth-order valence-electron chi connectivity index (χ4n) is 1.97. The molecule has 4 heteroatoms. The summed E-state index contributed by atoms with van der Waals surface area (Å²) < 4.78 is 5.28. The summed E-state index contributed by atoms with van der Waals surface area (Å²) in [6.45, 7) is 2.33. The molecule has 0 bridgehead atoms. The van der Waals surface area contributed by atoms with Crippen molar-refractivity contribution in [3.63, 3.8) is 0 Å². The van der Waals surface area contributed by atoms with E-state index in [0.29, 0.717) is 17.2 Å². The van der Waals surface area contributed by atoms with Crippen LogP contribution < -0.4 is 11.1 Å². The maximum Gasteiger partial charge on any atom is 0.251 e. The van der Waals surface area contributed by atoms with E-state index in [2.05, 4.69) is 5.32 Å². The lowest BCUT2D eigenvalue weighted by atomic mass is 10.0. The summed E-state index contributed by atoms with van der Waals surface area (Å²) in [6, 6.07) is 7.03. The molecule has 1 aromatic rings. The SMILES string of the molecule is Nc1cccc(C(=O)NCC2CCOCC2)c1. The average molecular weight is 234 g/mol. The minimum atomic E-state index is -0.0520. The molecule has 0 radical (unpaired) electrons. The highest BCUT2D eigenvalue weighted by Gasteiger charge is 2.15. The molecule has 1 aliphatic heterocycles. The van der Waals surface area contributed by atoms with Gasteiger partial charge in [-0.05, 0) is 37.0 Å². The molecule has 1 aliphatic rings. The molecule has 0 aliphatic carbocycles.